The van der Waals surface area contributed by atoms with Gasteiger partial charge in [-0.3, -0.25) is 4.79 Å². The fourth-order valence-electron chi connectivity index (χ4n) is 4.98. The standard InChI is InChI=1S/C34H29Cl2N5O2S/c1-21-8-3-6-13-29(21)38-32(42)30-22(2)37-33-39-34(44-20-25-9-4-5-12-28(25)36)40-41(33)31(30)24-10-7-11-27(18-24)43-19-23-14-16-26(35)17-15-23/h3-18,31H,19-20H2,1-2H3,(H,38,42)(H,37,39,40). The number of fused-ring (bicyclic) bond motifs is 1. The van der Waals surface area contributed by atoms with Crippen LogP contribution in [0.4, 0.5) is 11.6 Å². The Hall–Kier alpha value is -4.24. The molecule has 2 heterocycles. The molecule has 5 aromatic rings. The van der Waals surface area contributed by atoms with Crippen molar-refractivity contribution in [1.29, 1.82) is 0 Å². The molecule has 0 fully saturated rings. The van der Waals surface area contributed by atoms with E-state index in [1.54, 1.807) is 4.68 Å². The fourth-order valence-corrected chi connectivity index (χ4v) is 6.22. The normalized spacial score (nSPS) is 14.1. The van der Waals surface area contributed by atoms with E-state index in [4.69, 9.17) is 38.0 Å². The highest BCUT2D eigenvalue weighted by atomic mass is 35.5. The number of nitrogens with one attached hydrogen (secondary N) is 2. The third-order valence-electron chi connectivity index (χ3n) is 7.28. The van der Waals surface area contributed by atoms with E-state index in [9.17, 15) is 4.79 Å². The molecule has 1 aliphatic rings. The largest absolute Gasteiger partial charge is 0.489 e. The molecule has 44 heavy (non-hydrogen) atoms. The zero-order valence-electron chi connectivity index (χ0n) is 24.1. The predicted octanol–water partition coefficient (Wildman–Crippen LogP) is 8.69. The first-order chi connectivity index (χ1) is 21.4. The maximum atomic E-state index is 14.0. The zero-order chi connectivity index (χ0) is 30.6. The number of aromatic nitrogens is 3. The predicted molar refractivity (Wildman–Crippen MR) is 178 cm³/mol. The van der Waals surface area contributed by atoms with E-state index in [-0.39, 0.29) is 5.91 Å². The topological polar surface area (TPSA) is 81.1 Å². The fraction of sp³-hybridized carbons (Fsp3) is 0.147. The number of halogens is 2. The minimum atomic E-state index is -0.559. The molecule has 222 valence electrons. The van der Waals surface area contributed by atoms with Crippen molar-refractivity contribution >= 4 is 52.5 Å². The van der Waals surface area contributed by atoms with Crippen LogP contribution in [0.2, 0.25) is 10.0 Å². The van der Waals surface area contributed by atoms with Gasteiger partial charge in [0.2, 0.25) is 11.1 Å². The average molecular weight is 643 g/mol. The van der Waals surface area contributed by atoms with Gasteiger partial charge in [0.15, 0.2) is 0 Å². The molecule has 1 aliphatic heterocycles. The van der Waals surface area contributed by atoms with Crippen LogP contribution in [0.25, 0.3) is 0 Å². The molecule has 1 aromatic heterocycles. The summed E-state index contributed by atoms with van der Waals surface area (Å²) < 4.78 is 7.92. The Labute approximate surface area is 270 Å². The first-order valence-electron chi connectivity index (χ1n) is 14.0. The van der Waals surface area contributed by atoms with Crippen LogP contribution < -0.4 is 15.4 Å². The summed E-state index contributed by atoms with van der Waals surface area (Å²) in [7, 11) is 0. The zero-order valence-corrected chi connectivity index (χ0v) is 26.4. The van der Waals surface area contributed by atoms with Gasteiger partial charge < -0.3 is 15.4 Å². The summed E-state index contributed by atoms with van der Waals surface area (Å²) in [5.74, 6) is 1.60. The minimum Gasteiger partial charge on any atom is -0.489 e. The number of aryl methyl sites for hydroxylation is 1. The van der Waals surface area contributed by atoms with Gasteiger partial charge in [-0.05, 0) is 72.5 Å². The lowest BCUT2D eigenvalue weighted by Crippen LogP contribution is -2.31. The third-order valence-corrected chi connectivity index (χ3v) is 8.79. The maximum absolute atomic E-state index is 14.0. The summed E-state index contributed by atoms with van der Waals surface area (Å²) in [5, 5.41) is 13.2. The highest BCUT2D eigenvalue weighted by molar-refractivity contribution is 7.98. The van der Waals surface area contributed by atoms with Gasteiger partial charge in [-0.25, -0.2) is 4.68 Å². The lowest BCUT2D eigenvalue weighted by Gasteiger charge is -2.29. The van der Waals surface area contributed by atoms with Crippen LogP contribution in [0.3, 0.4) is 0 Å². The summed E-state index contributed by atoms with van der Waals surface area (Å²) in [6.07, 6.45) is 0. The van der Waals surface area contributed by atoms with Crippen molar-refractivity contribution in [2.24, 2.45) is 0 Å². The highest BCUT2D eigenvalue weighted by Gasteiger charge is 2.35. The van der Waals surface area contributed by atoms with Gasteiger partial charge in [0.1, 0.15) is 18.4 Å². The SMILES string of the molecule is CC1=C(C(=O)Nc2ccccc2C)C(c2cccc(OCc3ccc(Cl)cc3)c2)n2nc(SCc3ccccc3Cl)nc2N1. The number of hydrogen-bond acceptors (Lipinski definition) is 6. The number of amides is 1. The second-order valence-corrected chi connectivity index (χ2v) is 12.2. The van der Waals surface area contributed by atoms with Crippen molar-refractivity contribution in [1.82, 2.24) is 14.8 Å². The quantitative estimate of drug-likeness (QED) is 0.157. The number of ether oxygens (including phenoxy) is 1. The number of para-hydroxylation sites is 1. The number of thioether (sulfide) groups is 1. The van der Waals surface area contributed by atoms with Crippen LogP contribution >= 0.6 is 35.0 Å². The van der Waals surface area contributed by atoms with Gasteiger partial charge in [0.25, 0.3) is 5.91 Å². The number of carbonyl (C=O) groups is 1. The molecule has 10 heteroatoms. The molecule has 0 aliphatic carbocycles. The van der Waals surface area contributed by atoms with E-state index < -0.39 is 6.04 Å². The summed E-state index contributed by atoms with van der Waals surface area (Å²) in [6.45, 7) is 4.22. The van der Waals surface area contributed by atoms with E-state index in [0.29, 0.717) is 50.5 Å². The molecule has 7 nitrogen and oxygen atoms in total. The van der Waals surface area contributed by atoms with Crippen molar-refractivity contribution in [2.75, 3.05) is 10.6 Å². The van der Waals surface area contributed by atoms with Crippen LogP contribution in [-0.4, -0.2) is 20.7 Å². The van der Waals surface area contributed by atoms with Crippen molar-refractivity contribution in [3.8, 4) is 5.75 Å². The van der Waals surface area contributed by atoms with Crippen molar-refractivity contribution < 1.29 is 9.53 Å². The highest BCUT2D eigenvalue weighted by Crippen LogP contribution is 2.38. The van der Waals surface area contributed by atoms with Crippen molar-refractivity contribution in [2.45, 2.75) is 37.4 Å². The smallest absolute Gasteiger partial charge is 0.255 e. The lowest BCUT2D eigenvalue weighted by atomic mass is 9.94. The number of carbonyl (C=O) groups excluding carboxylic acids is 1. The van der Waals surface area contributed by atoms with Gasteiger partial charge >= 0.3 is 0 Å². The number of benzene rings is 4. The lowest BCUT2D eigenvalue weighted by molar-refractivity contribution is -0.113. The van der Waals surface area contributed by atoms with Crippen molar-refractivity contribution in [3.63, 3.8) is 0 Å². The van der Waals surface area contributed by atoms with Crippen molar-refractivity contribution in [3.05, 3.63) is 141 Å². The molecule has 0 bridgehead atoms. The number of nitrogens with zero attached hydrogens (tertiary/aromatic N) is 3. The Kier molecular flexibility index (Phi) is 8.93. The van der Waals surface area contributed by atoms with Gasteiger partial charge in [-0.1, -0.05) is 95.6 Å². The van der Waals surface area contributed by atoms with Crippen LogP contribution in [-0.2, 0) is 17.2 Å². The second-order valence-electron chi connectivity index (χ2n) is 10.4. The molecule has 0 saturated heterocycles. The Bertz CT molecular complexity index is 1850. The van der Waals surface area contributed by atoms with Crippen LogP contribution in [0.1, 0.15) is 35.2 Å². The van der Waals surface area contributed by atoms with Gasteiger partial charge in [-0.15, -0.1) is 5.10 Å². The summed E-state index contributed by atoms with van der Waals surface area (Å²) in [5.41, 5.74) is 5.76. The van der Waals surface area contributed by atoms with Gasteiger partial charge in [0, 0.05) is 27.2 Å². The molecule has 1 amide bonds. The molecule has 0 radical (unpaired) electrons. The third kappa shape index (κ3) is 6.63. The average Bonchev–Trinajstić information content (AvgIpc) is 3.43. The number of rotatable bonds is 9. The first-order valence-corrected chi connectivity index (χ1v) is 15.7. The second kappa shape index (κ2) is 13.2. The molecular weight excluding hydrogens is 613 g/mol. The summed E-state index contributed by atoms with van der Waals surface area (Å²) in [6, 6.07) is 30.2. The van der Waals surface area contributed by atoms with E-state index in [2.05, 4.69) is 10.6 Å². The summed E-state index contributed by atoms with van der Waals surface area (Å²) in [4.78, 5) is 18.7. The van der Waals surface area contributed by atoms with Crippen LogP contribution in [0, 0.1) is 6.92 Å². The van der Waals surface area contributed by atoms with Crippen LogP contribution in [0.5, 0.6) is 5.75 Å². The number of allylic oxidation sites excluding steroid dienone is 1. The monoisotopic (exact) mass is 641 g/mol. The molecule has 2 N–H and O–H groups in total. The number of anilines is 2. The van der Waals surface area contributed by atoms with E-state index in [1.165, 1.54) is 11.8 Å². The molecular formula is C34H29Cl2N5O2S. The van der Waals surface area contributed by atoms with Crippen LogP contribution in [0.15, 0.2) is 113 Å². The van der Waals surface area contributed by atoms with E-state index in [1.807, 2.05) is 111 Å². The Morgan fingerprint density at radius 2 is 1.75 bits per heavy atom. The summed E-state index contributed by atoms with van der Waals surface area (Å²) >= 11 is 13.9. The Morgan fingerprint density at radius 1 is 0.977 bits per heavy atom. The Balaban J connectivity index is 1.33. The van der Waals surface area contributed by atoms with E-state index in [0.717, 1.165) is 27.9 Å². The van der Waals surface area contributed by atoms with Gasteiger partial charge in [-0.2, -0.15) is 4.98 Å². The first kappa shape index (κ1) is 29.8. The molecule has 0 spiro atoms. The molecule has 0 saturated carbocycles. The van der Waals surface area contributed by atoms with E-state index >= 15 is 0 Å². The molecule has 1 atom stereocenters. The number of hydrogen-bond donors (Lipinski definition) is 2. The molecule has 4 aromatic carbocycles. The van der Waals surface area contributed by atoms with Gasteiger partial charge in [0.05, 0.1) is 5.57 Å². The molecule has 6 rings (SSSR count). The maximum Gasteiger partial charge on any atom is 0.255 e. The Morgan fingerprint density at radius 3 is 2.55 bits per heavy atom. The minimum absolute atomic E-state index is 0.229. The molecule has 1 unspecified atom stereocenters.